The van der Waals surface area contributed by atoms with Gasteiger partial charge >= 0.3 is 11.9 Å². The largest absolute Gasteiger partial charge is 0.438 e. The van der Waals surface area contributed by atoms with Gasteiger partial charge in [-0.3, -0.25) is 9.59 Å². The van der Waals surface area contributed by atoms with Crippen LogP contribution in [0.25, 0.3) is 0 Å². The summed E-state index contributed by atoms with van der Waals surface area (Å²) in [7, 11) is 0. The molecule has 0 saturated heterocycles. The van der Waals surface area contributed by atoms with Crippen LogP contribution in [-0.2, 0) is 28.5 Å². The molecule has 0 aliphatic heterocycles. The maximum atomic E-state index is 11.9. The van der Waals surface area contributed by atoms with E-state index in [0.717, 1.165) is 60.9 Å². The first-order valence-corrected chi connectivity index (χ1v) is 17.0. The van der Waals surface area contributed by atoms with Crippen LogP contribution in [0.2, 0.25) is 0 Å². The van der Waals surface area contributed by atoms with Gasteiger partial charge in [0.25, 0.3) is 0 Å². The lowest BCUT2D eigenvalue weighted by Gasteiger charge is -2.56. The molecular formula is C39H74O6. The number of carbonyl (C=O) groups excluding carboxylic acids is 2. The van der Waals surface area contributed by atoms with E-state index in [0.29, 0.717) is 11.5 Å². The summed E-state index contributed by atoms with van der Waals surface area (Å²) in [5, 5.41) is 0. The minimum atomic E-state index is -0.399. The van der Waals surface area contributed by atoms with Crippen LogP contribution >= 0.6 is 0 Å². The molecule has 8 bridgehead atoms. The summed E-state index contributed by atoms with van der Waals surface area (Å²) in [5.41, 5.74) is -0.390. The molecule has 8 saturated carbocycles. The van der Waals surface area contributed by atoms with Crippen molar-refractivity contribution in [2.75, 3.05) is 20.2 Å². The fourth-order valence-corrected chi connectivity index (χ4v) is 9.81. The molecule has 0 aromatic carbocycles. The van der Waals surface area contributed by atoms with Crippen LogP contribution in [0.15, 0.2) is 0 Å². The SMILES string of the molecule is C.C.C.C.CCC(C)(C)C(=O)OCOC1C2CC3CC(C2)CC1C3.CCC(C)(C)C(=O)OCOCC12CC3CC(CC(C3)C1)C2. The van der Waals surface area contributed by atoms with E-state index in [9.17, 15) is 9.59 Å². The van der Waals surface area contributed by atoms with Crippen molar-refractivity contribution in [1.82, 2.24) is 0 Å². The first-order chi connectivity index (χ1) is 19.4. The minimum Gasteiger partial charge on any atom is -0.438 e. The van der Waals surface area contributed by atoms with Crippen LogP contribution in [-0.4, -0.2) is 38.2 Å². The third-order valence-corrected chi connectivity index (χ3v) is 12.3. The highest BCUT2D eigenvalue weighted by Gasteiger charge is 2.51. The molecule has 266 valence electrons. The van der Waals surface area contributed by atoms with Gasteiger partial charge < -0.3 is 18.9 Å². The summed E-state index contributed by atoms with van der Waals surface area (Å²) >= 11 is 0. The molecule has 0 radical (unpaired) electrons. The van der Waals surface area contributed by atoms with Crippen molar-refractivity contribution in [2.45, 2.75) is 161 Å². The minimum absolute atomic E-state index is 0. The van der Waals surface area contributed by atoms with Gasteiger partial charge in [-0.05, 0) is 158 Å². The van der Waals surface area contributed by atoms with Gasteiger partial charge in [0.05, 0.1) is 23.5 Å². The second-order valence-corrected chi connectivity index (χ2v) is 16.4. The summed E-state index contributed by atoms with van der Waals surface area (Å²) in [6.45, 7) is 12.8. The van der Waals surface area contributed by atoms with Gasteiger partial charge in [0.1, 0.15) is 0 Å². The fourth-order valence-electron chi connectivity index (χ4n) is 9.81. The zero-order valence-corrected chi connectivity index (χ0v) is 26.9. The zero-order chi connectivity index (χ0) is 29.4. The van der Waals surface area contributed by atoms with Crippen molar-refractivity contribution in [3.8, 4) is 0 Å². The number of hydrogen-bond donors (Lipinski definition) is 0. The van der Waals surface area contributed by atoms with Crippen molar-refractivity contribution in [1.29, 1.82) is 0 Å². The lowest BCUT2D eigenvalue weighted by molar-refractivity contribution is -0.193. The van der Waals surface area contributed by atoms with Crippen LogP contribution in [0.3, 0.4) is 0 Å². The lowest BCUT2D eigenvalue weighted by Crippen LogP contribution is -2.49. The summed E-state index contributed by atoms with van der Waals surface area (Å²) in [6.07, 6.45) is 17.1. The Morgan fingerprint density at radius 1 is 0.600 bits per heavy atom. The van der Waals surface area contributed by atoms with Gasteiger partial charge in [-0.1, -0.05) is 43.6 Å². The van der Waals surface area contributed by atoms with Crippen LogP contribution < -0.4 is 0 Å². The normalized spacial score (nSPS) is 35.0. The van der Waals surface area contributed by atoms with E-state index in [1.807, 2.05) is 41.5 Å². The summed E-state index contributed by atoms with van der Waals surface area (Å²) in [6, 6.07) is 0. The standard InChI is InChI=1S/C18H30O3.C17H28O3.4CH4/c1-4-17(2,3)16(19)21-12-20-11-18-8-13-5-14(9-18)7-15(6-13)10-18;1-4-17(2,3)16(18)20-10-19-15-13-6-11-5-12(8-13)9-14(15)7-11;;;;/h13-15H,4-12H2,1-3H3;11-15H,4-10H2,1-3H3;4*1H4. The van der Waals surface area contributed by atoms with Crippen LogP contribution in [0, 0.1) is 57.7 Å². The highest BCUT2D eigenvalue weighted by Crippen LogP contribution is 2.60. The Hall–Kier alpha value is -1.14. The summed E-state index contributed by atoms with van der Waals surface area (Å²) < 4.78 is 22.4. The number of carbonyl (C=O) groups is 2. The summed E-state index contributed by atoms with van der Waals surface area (Å²) in [5.74, 6) is 5.93. The van der Waals surface area contributed by atoms with Gasteiger partial charge in [-0.2, -0.15) is 0 Å². The Labute approximate surface area is 278 Å². The molecule has 45 heavy (non-hydrogen) atoms. The van der Waals surface area contributed by atoms with Gasteiger partial charge in [-0.25, -0.2) is 0 Å². The molecule has 0 amide bonds. The monoisotopic (exact) mass is 639 g/mol. The highest BCUT2D eigenvalue weighted by atomic mass is 16.7. The van der Waals surface area contributed by atoms with E-state index in [1.165, 1.54) is 70.6 Å². The highest BCUT2D eigenvalue weighted by molar-refractivity contribution is 5.76. The molecule has 0 heterocycles. The summed E-state index contributed by atoms with van der Waals surface area (Å²) in [4.78, 5) is 23.9. The Morgan fingerprint density at radius 3 is 1.38 bits per heavy atom. The Balaban J connectivity index is 0.000000414. The quantitative estimate of drug-likeness (QED) is 0.127. The van der Waals surface area contributed by atoms with E-state index < -0.39 is 10.8 Å². The number of hydrogen-bond acceptors (Lipinski definition) is 6. The van der Waals surface area contributed by atoms with Gasteiger partial charge in [0, 0.05) is 0 Å². The molecule has 8 fully saturated rings. The third kappa shape index (κ3) is 9.71. The van der Waals surface area contributed by atoms with E-state index in [1.54, 1.807) is 0 Å². The van der Waals surface area contributed by atoms with Gasteiger partial charge in [0.2, 0.25) is 0 Å². The average molecular weight is 639 g/mol. The first-order valence-electron chi connectivity index (χ1n) is 17.0. The number of esters is 2. The molecule has 6 nitrogen and oxygen atoms in total. The second-order valence-electron chi connectivity index (χ2n) is 16.4. The van der Waals surface area contributed by atoms with Gasteiger partial charge in [0.15, 0.2) is 13.6 Å². The Morgan fingerprint density at radius 2 is 0.978 bits per heavy atom. The van der Waals surface area contributed by atoms with Crippen LogP contribution in [0.1, 0.15) is 155 Å². The lowest BCUT2D eigenvalue weighted by atomic mass is 9.50. The topological polar surface area (TPSA) is 71.1 Å². The van der Waals surface area contributed by atoms with Crippen LogP contribution in [0.4, 0.5) is 0 Å². The van der Waals surface area contributed by atoms with Crippen molar-refractivity contribution >= 4 is 11.9 Å². The molecule has 0 spiro atoms. The second kappa shape index (κ2) is 16.8. The molecule has 0 unspecified atom stereocenters. The van der Waals surface area contributed by atoms with Crippen molar-refractivity contribution in [3.63, 3.8) is 0 Å². The molecule has 0 N–H and O–H groups in total. The molecule has 6 heteroatoms. The van der Waals surface area contributed by atoms with Crippen molar-refractivity contribution < 1.29 is 28.5 Å². The zero-order valence-electron chi connectivity index (χ0n) is 26.9. The first kappa shape index (κ1) is 41.9. The Bertz CT molecular complexity index is 859. The predicted octanol–water partition coefficient (Wildman–Crippen LogP) is 10.5. The fraction of sp³-hybridized carbons (Fsp3) is 0.949. The maximum Gasteiger partial charge on any atom is 0.313 e. The van der Waals surface area contributed by atoms with E-state index in [2.05, 4.69) is 0 Å². The average Bonchev–Trinajstić information content (AvgIpc) is 2.91. The van der Waals surface area contributed by atoms with E-state index in [4.69, 9.17) is 18.9 Å². The van der Waals surface area contributed by atoms with Crippen LogP contribution in [0.5, 0.6) is 0 Å². The molecule has 0 aromatic rings. The molecule has 8 aliphatic carbocycles. The molecule has 8 rings (SSSR count). The molecule has 8 aliphatic rings. The van der Waals surface area contributed by atoms with E-state index >= 15 is 0 Å². The predicted molar refractivity (Wildman–Crippen MR) is 185 cm³/mol. The van der Waals surface area contributed by atoms with Crippen molar-refractivity contribution in [2.24, 2.45) is 57.7 Å². The number of rotatable bonds is 11. The third-order valence-electron chi connectivity index (χ3n) is 12.3. The number of ether oxygens (including phenoxy) is 4. The van der Waals surface area contributed by atoms with Crippen molar-refractivity contribution in [3.05, 3.63) is 0 Å². The molecular weight excluding hydrogens is 564 g/mol. The molecule has 0 atom stereocenters. The Kier molecular flexibility index (Phi) is 15.6. The van der Waals surface area contributed by atoms with E-state index in [-0.39, 0.29) is 55.2 Å². The molecule has 0 aromatic heterocycles. The maximum absolute atomic E-state index is 11.9. The van der Waals surface area contributed by atoms with Gasteiger partial charge in [-0.15, -0.1) is 0 Å². The smallest absolute Gasteiger partial charge is 0.313 e.